The molecule has 0 saturated carbocycles. The van der Waals surface area contributed by atoms with Crippen LogP contribution >= 0.6 is 0 Å². The average molecular weight is 1280 g/mol. The number of nitrogens with zero attached hydrogens (tertiary/aromatic N) is 2. The van der Waals surface area contributed by atoms with Gasteiger partial charge >= 0.3 is 11.9 Å². The summed E-state index contributed by atoms with van der Waals surface area (Å²) in [5, 5.41) is 35.3. The zero-order valence-corrected chi connectivity index (χ0v) is 48.9. The molecule has 0 aliphatic heterocycles. The summed E-state index contributed by atoms with van der Waals surface area (Å²) in [6.45, 7) is 0. The van der Waals surface area contributed by atoms with E-state index < -0.39 is 104 Å². The van der Waals surface area contributed by atoms with Gasteiger partial charge in [-0.15, -0.1) is 0 Å². The molecule has 0 aliphatic carbocycles. The Labute approximate surface area is 526 Å². The number of phenolic OH excluding ortho intramolecular Hbond substituents is 1. The second-order valence-corrected chi connectivity index (χ2v) is 21.2. The Hall–Kier alpha value is -10.9. The van der Waals surface area contributed by atoms with Crippen LogP contribution in [0.2, 0.25) is 0 Å². The summed E-state index contributed by atoms with van der Waals surface area (Å²) in [6, 6.07) is 44.3. The third kappa shape index (κ3) is 18.2. The molecule has 0 heterocycles. The number of aromatic hydroxyl groups is 1. The van der Waals surface area contributed by atoms with Gasteiger partial charge in [-0.3, -0.25) is 9.59 Å². The summed E-state index contributed by atoms with van der Waals surface area (Å²) in [5.41, 5.74) is 2.73. The lowest BCUT2D eigenvalue weighted by Crippen LogP contribution is -2.07. The predicted molar refractivity (Wildman–Crippen MR) is 327 cm³/mol. The highest BCUT2D eigenvalue weighted by Gasteiger charge is 2.21. The minimum absolute atomic E-state index is 0.00449. The monoisotopic (exact) mass is 1280 g/mol. The minimum Gasteiger partial charge on any atom is -0.508 e. The van der Waals surface area contributed by atoms with Crippen molar-refractivity contribution < 1.29 is 77.2 Å². The van der Waals surface area contributed by atoms with Gasteiger partial charge in [0, 0.05) is 12.8 Å². The van der Waals surface area contributed by atoms with Gasteiger partial charge in [-0.05, 0) is 202 Å². The van der Waals surface area contributed by atoms with E-state index in [1.807, 2.05) is 48.5 Å². The van der Waals surface area contributed by atoms with Gasteiger partial charge in [-0.25, -0.2) is 52.7 Å². The molecule has 10 aromatic carbocycles. The lowest BCUT2D eigenvalue weighted by atomic mass is 9.97. The van der Waals surface area contributed by atoms with E-state index in [-0.39, 0.29) is 46.6 Å². The van der Waals surface area contributed by atoms with E-state index in [1.165, 1.54) is 72.8 Å². The van der Waals surface area contributed by atoms with Gasteiger partial charge in [-0.2, -0.15) is 10.5 Å². The molecule has 0 amide bonds. The number of hydrogen-bond donors (Lipinski definition) is 2. The maximum atomic E-state index is 14.9. The molecule has 19 heteroatoms. The van der Waals surface area contributed by atoms with Crippen LogP contribution in [0.25, 0.3) is 66.8 Å². The number of nitriles is 2. The summed E-state index contributed by atoms with van der Waals surface area (Å²) < 4.78 is 172. The highest BCUT2D eigenvalue weighted by molar-refractivity contribution is 5.76. The maximum Gasteiger partial charge on any atom is 0.311 e. The van der Waals surface area contributed by atoms with Gasteiger partial charge in [0.15, 0.2) is 23.3 Å². The molecule has 10 aromatic rings. The van der Waals surface area contributed by atoms with Crippen molar-refractivity contribution in [2.75, 3.05) is 0 Å². The Balaban J connectivity index is 0.000000198. The maximum absolute atomic E-state index is 14.9. The van der Waals surface area contributed by atoms with Gasteiger partial charge in [0.2, 0.25) is 0 Å². The molecule has 472 valence electrons. The fraction of sp³-hybridized carbons (Fsp3) is 0.135. The molecule has 0 aliphatic rings. The molecule has 0 spiro atoms. The molecule has 2 N–H and O–H groups in total. The SMILES string of the molecule is N#Cc1c(F)cc(-c2c(F)cc(-c3ccc(O)cc3)cc2F)cc1F.N#Cc1c(F)cc(-c2c(F)cc(-c3ccc(OC(=O)CCCCCc4ccc(-c5ccc(F)c(F)c5)cc4)cc3)cc2F)cc1F.O=C(O)CCCCCc1ccc(-c2ccc(F)c(F)c2)cc1. The van der Waals surface area contributed by atoms with Gasteiger partial charge < -0.3 is 14.9 Å². The summed E-state index contributed by atoms with van der Waals surface area (Å²) in [4.78, 5) is 22.7. The first-order chi connectivity index (χ1) is 44.6. The topological polar surface area (TPSA) is 131 Å². The summed E-state index contributed by atoms with van der Waals surface area (Å²) in [6.07, 6.45) is 6.86. The Kier molecular flexibility index (Phi) is 23.2. The van der Waals surface area contributed by atoms with Crippen LogP contribution in [-0.4, -0.2) is 22.2 Å². The molecule has 0 unspecified atom stereocenters. The van der Waals surface area contributed by atoms with Gasteiger partial charge in [0.25, 0.3) is 0 Å². The van der Waals surface area contributed by atoms with E-state index in [0.29, 0.717) is 59.4 Å². The van der Waals surface area contributed by atoms with Crippen LogP contribution in [0.3, 0.4) is 0 Å². The summed E-state index contributed by atoms with van der Waals surface area (Å²) in [7, 11) is 0. The number of phenols is 1. The number of carbonyl (C=O) groups excluding carboxylic acids is 1. The predicted octanol–water partition coefficient (Wildman–Crippen LogP) is 20.1. The number of carboxylic acids is 1. The Morgan fingerprint density at radius 2 is 0.645 bits per heavy atom. The molecular weight excluding hydrogens is 1220 g/mol. The molecule has 0 bridgehead atoms. The van der Waals surface area contributed by atoms with E-state index in [0.717, 1.165) is 103 Å². The number of carboxylic acid groups (broad SMARTS) is 1. The third-order valence-corrected chi connectivity index (χ3v) is 14.7. The molecular formula is C74H52F12N2O5. The molecule has 7 nitrogen and oxygen atoms in total. The standard InChI is InChI=1S/C37H25F6NO2.C19H9F4NO.C18H18F2O2/c38-30-15-12-25(16-33(30)41)23-8-6-22(7-9-23)4-2-1-3-5-36(45)46-28-13-10-24(11-14-28)26-17-34(42)37(35(43)18-26)27-19-31(39)29(21-44)32(40)20-27;20-15-7-12(8-16(21)14(15)9-24)19-17(22)5-11(6-18(19)23)10-1-3-13(25)4-2-10;19-16-11-10-15(12-17(16)20)14-8-6-13(7-9-14)4-2-1-3-5-18(21)22/h6-20H,1-5H2;1-8,25H;6-12H,1-5H2,(H,21,22). The largest absolute Gasteiger partial charge is 0.508 e. The molecule has 0 saturated heterocycles. The molecule has 93 heavy (non-hydrogen) atoms. The molecule has 0 radical (unpaired) electrons. The highest BCUT2D eigenvalue weighted by Crippen LogP contribution is 2.36. The second kappa shape index (κ2) is 31.7. The first-order valence-corrected chi connectivity index (χ1v) is 28.8. The van der Waals surface area contributed by atoms with E-state index in [2.05, 4.69) is 0 Å². The Morgan fingerprint density at radius 3 is 1.00 bits per heavy atom. The zero-order valence-electron chi connectivity index (χ0n) is 48.9. The summed E-state index contributed by atoms with van der Waals surface area (Å²) >= 11 is 0. The first kappa shape index (κ1) is 68.0. The van der Waals surface area contributed by atoms with Crippen LogP contribution in [0, 0.1) is 92.5 Å². The fourth-order valence-electron chi connectivity index (χ4n) is 9.87. The number of hydrogen-bond acceptors (Lipinski definition) is 6. The van der Waals surface area contributed by atoms with Crippen molar-refractivity contribution in [3.05, 3.63) is 274 Å². The van der Waals surface area contributed by atoms with Crippen molar-refractivity contribution in [1.29, 1.82) is 10.5 Å². The number of aryl methyl sites for hydroxylation is 2. The molecule has 0 fully saturated rings. The lowest BCUT2D eigenvalue weighted by Gasteiger charge is -2.11. The van der Waals surface area contributed by atoms with Crippen LogP contribution in [0.1, 0.15) is 73.6 Å². The van der Waals surface area contributed by atoms with Crippen LogP contribution in [0.15, 0.2) is 182 Å². The summed E-state index contributed by atoms with van der Waals surface area (Å²) in [5.74, 6) is -13.3. The Morgan fingerprint density at radius 1 is 0.333 bits per heavy atom. The number of unbranched alkanes of at least 4 members (excludes halogenated alkanes) is 4. The normalized spacial score (nSPS) is 10.7. The fourth-order valence-corrected chi connectivity index (χ4v) is 9.87. The van der Waals surface area contributed by atoms with Crippen molar-refractivity contribution in [1.82, 2.24) is 0 Å². The smallest absolute Gasteiger partial charge is 0.311 e. The number of aliphatic carboxylic acids is 1. The van der Waals surface area contributed by atoms with Crippen molar-refractivity contribution in [2.24, 2.45) is 0 Å². The second-order valence-electron chi connectivity index (χ2n) is 21.2. The van der Waals surface area contributed by atoms with Crippen molar-refractivity contribution in [3.8, 4) is 90.4 Å². The van der Waals surface area contributed by atoms with Crippen LogP contribution in [0.5, 0.6) is 11.5 Å². The first-order valence-electron chi connectivity index (χ1n) is 28.8. The Bertz CT molecular complexity index is 4320. The molecule has 0 atom stereocenters. The minimum atomic E-state index is -1.22. The molecule has 10 rings (SSSR count). The van der Waals surface area contributed by atoms with Crippen LogP contribution < -0.4 is 4.74 Å². The van der Waals surface area contributed by atoms with Gasteiger partial charge in [0.1, 0.15) is 81.3 Å². The van der Waals surface area contributed by atoms with Gasteiger partial charge in [0.05, 0.1) is 11.1 Å². The lowest BCUT2D eigenvalue weighted by molar-refractivity contribution is -0.137. The van der Waals surface area contributed by atoms with Crippen LogP contribution in [-0.2, 0) is 22.4 Å². The average Bonchev–Trinajstić information content (AvgIpc) is 0.862. The van der Waals surface area contributed by atoms with Crippen LogP contribution in [0.4, 0.5) is 52.7 Å². The van der Waals surface area contributed by atoms with Crippen molar-refractivity contribution in [2.45, 2.75) is 64.2 Å². The highest BCUT2D eigenvalue weighted by atomic mass is 19.2. The number of ether oxygens (including phenoxy) is 1. The van der Waals surface area contributed by atoms with Gasteiger partial charge in [-0.1, -0.05) is 97.8 Å². The quantitative estimate of drug-likeness (QED) is 0.0357. The van der Waals surface area contributed by atoms with E-state index in [9.17, 15) is 67.4 Å². The van der Waals surface area contributed by atoms with E-state index in [4.69, 9.17) is 20.4 Å². The zero-order chi connectivity index (χ0) is 66.9. The molecule has 0 aromatic heterocycles. The number of benzene rings is 10. The number of esters is 1. The van der Waals surface area contributed by atoms with E-state index in [1.54, 1.807) is 6.07 Å². The van der Waals surface area contributed by atoms with Crippen molar-refractivity contribution >= 4 is 11.9 Å². The van der Waals surface area contributed by atoms with E-state index >= 15 is 0 Å². The number of rotatable bonds is 19. The number of carbonyl (C=O) groups is 2. The number of halogens is 12. The third-order valence-electron chi connectivity index (χ3n) is 14.7. The van der Waals surface area contributed by atoms with Crippen molar-refractivity contribution in [3.63, 3.8) is 0 Å².